The van der Waals surface area contributed by atoms with E-state index in [1.165, 1.54) is 5.56 Å². The molecular weight excluding hydrogens is 362 g/mol. The first-order chi connectivity index (χ1) is 14.2. The third kappa shape index (κ3) is 6.11. The highest BCUT2D eigenvalue weighted by Crippen LogP contribution is 2.29. The van der Waals surface area contributed by atoms with Crippen LogP contribution in [0.25, 0.3) is 0 Å². The van der Waals surface area contributed by atoms with Gasteiger partial charge in [-0.2, -0.15) is 0 Å². The number of hydrogen-bond donors (Lipinski definition) is 0. The van der Waals surface area contributed by atoms with Gasteiger partial charge in [0.05, 0.1) is 18.9 Å². The second-order valence-corrected chi connectivity index (χ2v) is 6.60. The number of rotatable bonds is 9. The van der Waals surface area contributed by atoms with E-state index in [0.29, 0.717) is 19.8 Å². The van der Waals surface area contributed by atoms with Crippen molar-refractivity contribution in [2.75, 3.05) is 13.2 Å². The van der Waals surface area contributed by atoms with Gasteiger partial charge in [-0.15, -0.1) is 0 Å². The molecule has 0 spiro atoms. The van der Waals surface area contributed by atoms with E-state index in [2.05, 4.69) is 36.2 Å². The molecule has 0 saturated carbocycles. The zero-order valence-electron chi connectivity index (χ0n) is 17.2. The zero-order chi connectivity index (χ0) is 20.5. The van der Waals surface area contributed by atoms with Crippen LogP contribution in [-0.4, -0.2) is 19.4 Å². The average molecular weight is 389 g/mol. The second kappa shape index (κ2) is 10.3. The Labute approximate surface area is 172 Å². The normalized spacial score (nSPS) is 10.9. The minimum Gasteiger partial charge on any atom is -0.494 e. The molecule has 0 fully saturated rings. The Kier molecular flexibility index (Phi) is 7.28. The fraction of sp³-hybridized carbons (Fsp3) is 0.240. The molecule has 0 saturated heterocycles. The first kappa shape index (κ1) is 20.5. The Morgan fingerprint density at radius 3 is 2.17 bits per heavy atom. The number of ether oxygens (including phenoxy) is 3. The van der Waals surface area contributed by atoms with Gasteiger partial charge in [0, 0.05) is 6.21 Å². The van der Waals surface area contributed by atoms with Crippen molar-refractivity contribution in [3.8, 4) is 17.2 Å². The molecule has 0 amide bonds. The van der Waals surface area contributed by atoms with Gasteiger partial charge in [-0.25, -0.2) is 0 Å². The first-order valence-electron chi connectivity index (χ1n) is 9.90. The Morgan fingerprint density at radius 2 is 1.48 bits per heavy atom. The molecule has 0 aliphatic rings. The van der Waals surface area contributed by atoms with Crippen molar-refractivity contribution >= 4 is 11.9 Å². The second-order valence-electron chi connectivity index (χ2n) is 6.60. The first-order valence-corrected chi connectivity index (χ1v) is 9.90. The molecule has 0 radical (unpaired) electrons. The van der Waals surface area contributed by atoms with Gasteiger partial charge in [0.15, 0.2) is 11.5 Å². The molecule has 4 nitrogen and oxygen atoms in total. The van der Waals surface area contributed by atoms with Gasteiger partial charge in [0.2, 0.25) is 0 Å². The van der Waals surface area contributed by atoms with Crippen molar-refractivity contribution in [1.29, 1.82) is 0 Å². The highest BCUT2D eigenvalue weighted by Gasteiger charge is 2.07. The zero-order valence-corrected chi connectivity index (χ0v) is 17.2. The molecule has 29 heavy (non-hydrogen) atoms. The lowest BCUT2D eigenvalue weighted by Crippen LogP contribution is -2.00. The predicted molar refractivity (Wildman–Crippen MR) is 118 cm³/mol. The van der Waals surface area contributed by atoms with Gasteiger partial charge >= 0.3 is 0 Å². The summed E-state index contributed by atoms with van der Waals surface area (Å²) in [6.07, 6.45) is 1.82. The minimum atomic E-state index is 0.500. The molecule has 0 unspecified atom stereocenters. The third-order valence-electron chi connectivity index (χ3n) is 4.29. The van der Waals surface area contributed by atoms with Crippen LogP contribution < -0.4 is 14.2 Å². The Balaban J connectivity index is 1.70. The van der Waals surface area contributed by atoms with E-state index < -0.39 is 0 Å². The van der Waals surface area contributed by atoms with Crippen LogP contribution in [0.5, 0.6) is 17.2 Å². The standard InChI is InChI=1S/C25H27NO3/c1-4-27-23-13-11-22(12-14-23)26-17-21-10-15-24(25(16-21)28-5-2)29-18-20-8-6-19(3)7-9-20/h6-17H,4-5,18H2,1-3H3. The van der Waals surface area contributed by atoms with Crippen molar-refractivity contribution in [1.82, 2.24) is 0 Å². The van der Waals surface area contributed by atoms with E-state index in [1.54, 1.807) is 0 Å². The van der Waals surface area contributed by atoms with Crippen LogP contribution in [0.4, 0.5) is 5.69 Å². The van der Waals surface area contributed by atoms with Crippen molar-refractivity contribution in [2.24, 2.45) is 4.99 Å². The molecule has 3 aromatic carbocycles. The van der Waals surface area contributed by atoms with Gasteiger partial charge < -0.3 is 14.2 Å². The van der Waals surface area contributed by atoms with Crippen molar-refractivity contribution in [3.63, 3.8) is 0 Å². The van der Waals surface area contributed by atoms with E-state index >= 15 is 0 Å². The molecular formula is C25H27NO3. The fourth-order valence-corrected chi connectivity index (χ4v) is 2.78. The summed E-state index contributed by atoms with van der Waals surface area (Å²) in [5.74, 6) is 2.29. The third-order valence-corrected chi connectivity index (χ3v) is 4.29. The summed E-state index contributed by atoms with van der Waals surface area (Å²) < 4.78 is 17.2. The maximum atomic E-state index is 5.99. The fourth-order valence-electron chi connectivity index (χ4n) is 2.78. The van der Waals surface area contributed by atoms with Crippen molar-refractivity contribution in [3.05, 3.63) is 83.4 Å². The lowest BCUT2D eigenvalue weighted by atomic mass is 10.1. The van der Waals surface area contributed by atoms with E-state index in [-0.39, 0.29) is 0 Å². The van der Waals surface area contributed by atoms with Crippen LogP contribution in [0.3, 0.4) is 0 Å². The monoisotopic (exact) mass is 389 g/mol. The summed E-state index contributed by atoms with van der Waals surface area (Å²) in [4.78, 5) is 4.53. The summed E-state index contributed by atoms with van der Waals surface area (Å²) >= 11 is 0. The highest BCUT2D eigenvalue weighted by molar-refractivity contribution is 5.83. The van der Waals surface area contributed by atoms with E-state index in [9.17, 15) is 0 Å². The lowest BCUT2D eigenvalue weighted by molar-refractivity contribution is 0.269. The molecule has 0 aromatic heterocycles. The summed E-state index contributed by atoms with van der Waals surface area (Å²) in [6, 6.07) is 21.9. The van der Waals surface area contributed by atoms with Crippen molar-refractivity contribution < 1.29 is 14.2 Å². The molecule has 0 aliphatic carbocycles. The molecule has 3 aromatic rings. The van der Waals surface area contributed by atoms with Gasteiger partial charge in [-0.1, -0.05) is 29.8 Å². The Bertz CT molecular complexity index is 931. The topological polar surface area (TPSA) is 40.0 Å². The SMILES string of the molecule is CCOc1ccc(N=Cc2ccc(OCc3ccc(C)cc3)c(OCC)c2)cc1. The van der Waals surface area contributed by atoms with Crippen LogP contribution in [0, 0.1) is 6.92 Å². The molecule has 4 heteroatoms. The summed E-state index contributed by atoms with van der Waals surface area (Å²) in [5.41, 5.74) is 4.18. The van der Waals surface area contributed by atoms with E-state index in [0.717, 1.165) is 34.1 Å². The van der Waals surface area contributed by atoms with Gasteiger partial charge in [-0.05, 0) is 74.4 Å². The number of aliphatic imine (C=N–C) groups is 1. The number of aryl methyl sites for hydroxylation is 1. The Hall–Kier alpha value is -3.27. The van der Waals surface area contributed by atoms with Crippen LogP contribution in [-0.2, 0) is 6.61 Å². The number of benzene rings is 3. The van der Waals surface area contributed by atoms with Gasteiger partial charge in [0.25, 0.3) is 0 Å². The molecule has 0 bridgehead atoms. The molecule has 0 heterocycles. The summed E-state index contributed by atoms with van der Waals surface area (Å²) in [6.45, 7) is 7.73. The number of nitrogens with zero attached hydrogens (tertiary/aromatic N) is 1. The maximum absolute atomic E-state index is 5.99. The van der Waals surface area contributed by atoms with Crippen molar-refractivity contribution in [2.45, 2.75) is 27.4 Å². The lowest BCUT2D eigenvalue weighted by Gasteiger charge is -2.13. The molecule has 3 rings (SSSR count). The quantitative estimate of drug-likeness (QED) is 0.414. The highest BCUT2D eigenvalue weighted by atomic mass is 16.5. The van der Waals surface area contributed by atoms with Gasteiger partial charge in [0.1, 0.15) is 12.4 Å². The molecule has 0 N–H and O–H groups in total. The maximum Gasteiger partial charge on any atom is 0.161 e. The Morgan fingerprint density at radius 1 is 0.759 bits per heavy atom. The predicted octanol–water partition coefficient (Wildman–Crippen LogP) is 6.12. The van der Waals surface area contributed by atoms with E-state index in [1.807, 2.05) is 62.5 Å². The van der Waals surface area contributed by atoms with Gasteiger partial charge in [-0.3, -0.25) is 4.99 Å². The molecule has 150 valence electrons. The summed E-state index contributed by atoms with van der Waals surface area (Å²) in [5, 5.41) is 0. The summed E-state index contributed by atoms with van der Waals surface area (Å²) in [7, 11) is 0. The number of hydrogen-bond acceptors (Lipinski definition) is 4. The largest absolute Gasteiger partial charge is 0.494 e. The van der Waals surface area contributed by atoms with Crippen LogP contribution in [0.2, 0.25) is 0 Å². The van der Waals surface area contributed by atoms with Crippen LogP contribution in [0.1, 0.15) is 30.5 Å². The van der Waals surface area contributed by atoms with Crippen LogP contribution >= 0.6 is 0 Å². The van der Waals surface area contributed by atoms with Crippen LogP contribution in [0.15, 0.2) is 71.7 Å². The minimum absolute atomic E-state index is 0.500. The molecule has 0 atom stereocenters. The van der Waals surface area contributed by atoms with E-state index in [4.69, 9.17) is 14.2 Å². The molecule has 0 aliphatic heterocycles. The average Bonchev–Trinajstić information content (AvgIpc) is 2.74. The smallest absolute Gasteiger partial charge is 0.161 e.